The second-order valence-electron chi connectivity index (χ2n) is 5.32. The third-order valence-electron chi connectivity index (χ3n) is 3.66. The summed E-state index contributed by atoms with van der Waals surface area (Å²) in [6.07, 6.45) is 0. The molecule has 0 amide bonds. The van der Waals surface area contributed by atoms with Crippen LogP contribution in [0.5, 0.6) is 0 Å². The van der Waals surface area contributed by atoms with E-state index in [1.807, 2.05) is 18.7 Å². The van der Waals surface area contributed by atoms with Crippen LogP contribution in [0.15, 0.2) is 33.7 Å². The average molecular weight is 319 g/mol. The Morgan fingerprint density at radius 3 is 3.09 bits per heavy atom. The molecule has 1 fully saturated rings. The molecule has 2 aromatic rings. The number of benzene rings is 1. The molecule has 0 unspecified atom stereocenters. The minimum atomic E-state index is 0.0393. The molecule has 1 saturated heterocycles. The number of aryl methyl sites for hydroxylation is 1. The molecule has 1 aliphatic rings. The van der Waals surface area contributed by atoms with Crippen LogP contribution in [0.2, 0.25) is 0 Å². The highest BCUT2D eigenvalue weighted by molar-refractivity contribution is 7.99. The molecule has 0 bridgehead atoms. The van der Waals surface area contributed by atoms with E-state index >= 15 is 0 Å². The molecular weight excluding hydrogens is 298 g/mol. The molecule has 0 saturated carbocycles. The molecule has 1 aliphatic heterocycles. The number of morpholine rings is 1. The monoisotopic (exact) mass is 319 g/mol. The first kappa shape index (κ1) is 15.5. The van der Waals surface area contributed by atoms with E-state index in [0.29, 0.717) is 18.3 Å². The molecule has 0 N–H and O–H groups in total. The fraction of sp³-hybridized carbons (Fsp3) is 0.500. The molecular formula is C16H21N3O2S. The summed E-state index contributed by atoms with van der Waals surface area (Å²) in [5.41, 5.74) is 1.31. The minimum absolute atomic E-state index is 0.0393. The van der Waals surface area contributed by atoms with Crippen molar-refractivity contribution in [3.8, 4) is 0 Å². The van der Waals surface area contributed by atoms with Gasteiger partial charge in [0.15, 0.2) is 5.82 Å². The first-order valence-electron chi connectivity index (χ1n) is 7.60. The fourth-order valence-electron chi connectivity index (χ4n) is 2.64. The molecule has 5 nitrogen and oxygen atoms in total. The van der Waals surface area contributed by atoms with Crippen molar-refractivity contribution >= 4 is 11.8 Å². The van der Waals surface area contributed by atoms with Crippen molar-refractivity contribution in [3.63, 3.8) is 0 Å². The molecule has 22 heavy (non-hydrogen) atoms. The van der Waals surface area contributed by atoms with E-state index in [0.717, 1.165) is 25.4 Å². The van der Waals surface area contributed by atoms with E-state index in [1.54, 1.807) is 0 Å². The highest BCUT2D eigenvalue weighted by Crippen LogP contribution is 2.26. The van der Waals surface area contributed by atoms with Gasteiger partial charge in [0.05, 0.1) is 13.2 Å². The van der Waals surface area contributed by atoms with Crippen molar-refractivity contribution < 1.29 is 9.26 Å². The Morgan fingerprint density at radius 1 is 1.41 bits per heavy atom. The minimum Gasteiger partial charge on any atom is -0.378 e. The molecule has 1 aromatic heterocycles. The maximum atomic E-state index is 5.60. The van der Waals surface area contributed by atoms with E-state index in [4.69, 9.17) is 9.26 Å². The molecule has 118 valence electrons. The molecule has 0 spiro atoms. The lowest BCUT2D eigenvalue weighted by atomic mass is 10.1. The highest BCUT2D eigenvalue weighted by atomic mass is 32.2. The summed E-state index contributed by atoms with van der Waals surface area (Å²) in [4.78, 5) is 8.04. The van der Waals surface area contributed by atoms with Crippen LogP contribution in [-0.4, -0.2) is 40.6 Å². The zero-order valence-electron chi connectivity index (χ0n) is 13.0. The lowest BCUT2D eigenvalue weighted by Crippen LogP contribution is -2.39. The number of thioether (sulfide) groups is 1. The molecule has 3 rings (SSSR count). The molecule has 0 radical (unpaired) electrons. The summed E-state index contributed by atoms with van der Waals surface area (Å²) in [5, 5.41) is 3.90. The summed E-state index contributed by atoms with van der Waals surface area (Å²) in [6, 6.07) is 8.76. The highest BCUT2D eigenvalue weighted by Gasteiger charge is 2.29. The average Bonchev–Trinajstić information content (AvgIpc) is 2.95. The summed E-state index contributed by atoms with van der Waals surface area (Å²) in [5.74, 6) is 2.41. The van der Waals surface area contributed by atoms with Crippen LogP contribution in [-0.2, 0) is 11.3 Å². The van der Waals surface area contributed by atoms with Crippen molar-refractivity contribution in [1.29, 1.82) is 0 Å². The Bertz CT molecular complexity index is 617. The van der Waals surface area contributed by atoms with Gasteiger partial charge in [-0.2, -0.15) is 4.98 Å². The topological polar surface area (TPSA) is 51.4 Å². The van der Waals surface area contributed by atoms with Gasteiger partial charge in [0.2, 0.25) is 5.89 Å². The molecule has 2 heterocycles. The van der Waals surface area contributed by atoms with Crippen LogP contribution < -0.4 is 0 Å². The summed E-state index contributed by atoms with van der Waals surface area (Å²) in [7, 11) is 0. The maximum Gasteiger partial charge on any atom is 0.246 e. The van der Waals surface area contributed by atoms with Gasteiger partial charge in [-0.15, -0.1) is 11.8 Å². The van der Waals surface area contributed by atoms with E-state index in [1.165, 1.54) is 10.5 Å². The summed E-state index contributed by atoms with van der Waals surface area (Å²) in [6.45, 7) is 7.10. The summed E-state index contributed by atoms with van der Waals surface area (Å²) < 4.78 is 10.9. The first-order valence-corrected chi connectivity index (χ1v) is 8.58. The van der Waals surface area contributed by atoms with Gasteiger partial charge in [0, 0.05) is 18.0 Å². The summed E-state index contributed by atoms with van der Waals surface area (Å²) >= 11 is 1.87. The van der Waals surface area contributed by atoms with Gasteiger partial charge in [-0.1, -0.05) is 24.2 Å². The number of nitrogens with zero attached hydrogens (tertiary/aromatic N) is 3. The van der Waals surface area contributed by atoms with Gasteiger partial charge in [0.1, 0.15) is 6.04 Å². The molecule has 6 heteroatoms. The smallest absolute Gasteiger partial charge is 0.246 e. The lowest BCUT2D eigenvalue weighted by molar-refractivity contribution is -0.0241. The van der Waals surface area contributed by atoms with Crippen LogP contribution in [0.1, 0.15) is 30.2 Å². The van der Waals surface area contributed by atoms with Gasteiger partial charge >= 0.3 is 0 Å². The fourth-order valence-corrected chi connectivity index (χ4v) is 3.38. The van der Waals surface area contributed by atoms with E-state index in [-0.39, 0.29) is 6.04 Å². The Balaban J connectivity index is 1.75. The zero-order valence-corrected chi connectivity index (χ0v) is 13.8. The van der Waals surface area contributed by atoms with Gasteiger partial charge in [0.25, 0.3) is 0 Å². The first-order chi connectivity index (χ1) is 10.8. The van der Waals surface area contributed by atoms with Crippen molar-refractivity contribution in [3.05, 3.63) is 41.5 Å². The van der Waals surface area contributed by atoms with Crippen LogP contribution in [0, 0.1) is 6.92 Å². The van der Waals surface area contributed by atoms with E-state index in [2.05, 4.69) is 46.2 Å². The number of rotatable bonds is 5. The third kappa shape index (κ3) is 3.69. The number of hydrogen-bond acceptors (Lipinski definition) is 6. The normalized spacial score (nSPS) is 19.5. The van der Waals surface area contributed by atoms with Crippen LogP contribution >= 0.6 is 11.8 Å². The molecule has 1 aromatic carbocycles. The van der Waals surface area contributed by atoms with Crippen LogP contribution in [0.3, 0.4) is 0 Å². The predicted octanol–water partition coefficient (Wildman–Crippen LogP) is 3.06. The largest absolute Gasteiger partial charge is 0.378 e. The number of hydrogen-bond donors (Lipinski definition) is 0. The Morgan fingerprint density at radius 2 is 2.32 bits per heavy atom. The Labute approximate surface area is 135 Å². The van der Waals surface area contributed by atoms with Crippen LogP contribution in [0.25, 0.3) is 0 Å². The third-order valence-corrected chi connectivity index (χ3v) is 4.54. The van der Waals surface area contributed by atoms with E-state index < -0.39 is 0 Å². The number of ether oxygens (including phenoxy) is 1. The second-order valence-corrected chi connectivity index (χ2v) is 6.66. The van der Waals surface area contributed by atoms with Crippen molar-refractivity contribution in [2.45, 2.75) is 31.3 Å². The Kier molecular flexibility index (Phi) is 5.12. The quantitative estimate of drug-likeness (QED) is 0.790. The van der Waals surface area contributed by atoms with Gasteiger partial charge in [-0.3, -0.25) is 4.90 Å². The van der Waals surface area contributed by atoms with Gasteiger partial charge < -0.3 is 9.26 Å². The molecule has 0 aliphatic carbocycles. The van der Waals surface area contributed by atoms with Crippen molar-refractivity contribution in [1.82, 2.24) is 15.0 Å². The standard InChI is InChI=1S/C16H21N3O2S/c1-3-22-14-6-4-5-13(9-14)10-19-7-8-20-11-15(19)16-17-12(2)18-21-16/h4-6,9,15H,3,7-8,10-11H2,1-2H3/t15-/m1/s1. The lowest BCUT2D eigenvalue weighted by Gasteiger charge is -2.33. The van der Waals surface area contributed by atoms with Crippen LogP contribution in [0.4, 0.5) is 0 Å². The van der Waals surface area contributed by atoms with Gasteiger partial charge in [-0.25, -0.2) is 0 Å². The van der Waals surface area contributed by atoms with Crippen molar-refractivity contribution in [2.75, 3.05) is 25.5 Å². The molecule has 1 atom stereocenters. The SMILES string of the molecule is CCSc1cccc(CN2CCOC[C@@H]2c2nc(C)no2)c1. The second kappa shape index (κ2) is 7.26. The maximum absolute atomic E-state index is 5.60. The van der Waals surface area contributed by atoms with E-state index in [9.17, 15) is 0 Å². The van der Waals surface area contributed by atoms with Crippen molar-refractivity contribution in [2.24, 2.45) is 0 Å². The number of aromatic nitrogens is 2. The van der Waals surface area contributed by atoms with Gasteiger partial charge in [-0.05, 0) is 30.4 Å². The Hall–Kier alpha value is -1.37. The predicted molar refractivity (Wildman–Crippen MR) is 85.8 cm³/mol. The zero-order chi connectivity index (χ0) is 15.4.